The van der Waals surface area contributed by atoms with Crippen molar-refractivity contribution in [2.24, 2.45) is 0 Å². The van der Waals surface area contributed by atoms with E-state index in [1.54, 1.807) is 18.2 Å². The van der Waals surface area contributed by atoms with Crippen molar-refractivity contribution in [2.45, 2.75) is 6.54 Å². The minimum Gasteiger partial charge on any atom is -0.494 e. The van der Waals surface area contributed by atoms with E-state index in [0.29, 0.717) is 17.1 Å². The Labute approximate surface area is 148 Å². The summed E-state index contributed by atoms with van der Waals surface area (Å²) < 4.78 is 11.1. The summed E-state index contributed by atoms with van der Waals surface area (Å²) in [5.41, 5.74) is -1.70. The summed E-state index contributed by atoms with van der Waals surface area (Å²) in [6.07, 6.45) is 3.92. The van der Waals surface area contributed by atoms with Crippen LogP contribution in [0, 0.1) is 0 Å². The van der Waals surface area contributed by atoms with E-state index in [1.807, 2.05) is 4.98 Å². The lowest BCUT2D eigenvalue weighted by molar-refractivity contribution is 0.104. The average molecular weight is 358 g/mol. The predicted octanol–water partition coefficient (Wildman–Crippen LogP) is 1.34. The minimum absolute atomic E-state index is 0.0544. The van der Waals surface area contributed by atoms with Gasteiger partial charge in [-0.15, -0.1) is 6.58 Å². The number of ether oxygens (including phenoxy) is 2. The Bertz CT molecular complexity index is 984. The fourth-order valence-corrected chi connectivity index (χ4v) is 2.29. The van der Waals surface area contributed by atoms with Crippen LogP contribution in [0.25, 0.3) is 6.08 Å². The summed E-state index contributed by atoms with van der Waals surface area (Å²) in [4.78, 5) is 37.9. The number of aromatic nitrogens is 2. The number of hydrogen-bond acceptors (Lipinski definition) is 6. The van der Waals surface area contributed by atoms with Gasteiger partial charge in [-0.3, -0.25) is 19.1 Å². The monoisotopic (exact) mass is 358 g/mol. The molecule has 0 spiro atoms. The van der Waals surface area contributed by atoms with E-state index in [2.05, 4.69) is 6.58 Å². The Morgan fingerprint density at radius 3 is 2.58 bits per heavy atom. The summed E-state index contributed by atoms with van der Waals surface area (Å²) in [5, 5.41) is 10.1. The normalized spacial score (nSPS) is 10.7. The number of benzene rings is 1. The largest absolute Gasteiger partial charge is 0.494 e. The van der Waals surface area contributed by atoms with Crippen molar-refractivity contribution in [3.8, 4) is 17.4 Å². The molecule has 0 unspecified atom stereocenters. The Hall–Kier alpha value is -3.55. The second-order valence-corrected chi connectivity index (χ2v) is 5.17. The van der Waals surface area contributed by atoms with Gasteiger partial charge in [0, 0.05) is 6.54 Å². The summed E-state index contributed by atoms with van der Waals surface area (Å²) in [6.45, 7) is 3.40. The van der Waals surface area contributed by atoms with Gasteiger partial charge in [0.05, 0.1) is 14.2 Å². The number of rotatable bonds is 7. The van der Waals surface area contributed by atoms with E-state index >= 15 is 0 Å². The molecular weight excluding hydrogens is 340 g/mol. The van der Waals surface area contributed by atoms with Crippen LogP contribution in [0.1, 0.15) is 15.9 Å². The number of aromatic amines is 1. The van der Waals surface area contributed by atoms with Crippen molar-refractivity contribution in [1.82, 2.24) is 9.55 Å². The van der Waals surface area contributed by atoms with Crippen LogP contribution in [-0.4, -0.2) is 34.7 Å². The number of allylic oxidation sites excluding steroid dienone is 2. The molecular formula is C18H18N2O6. The van der Waals surface area contributed by atoms with E-state index in [1.165, 1.54) is 26.4 Å². The number of carbonyl (C=O) groups is 1. The van der Waals surface area contributed by atoms with Gasteiger partial charge in [-0.1, -0.05) is 18.2 Å². The maximum absolute atomic E-state index is 12.3. The first-order valence-electron chi connectivity index (χ1n) is 7.54. The highest BCUT2D eigenvalue weighted by molar-refractivity contribution is 6.08. The van der Waals surface area contributed by atoms with Crippen LogP contribution < -0.4 is 20.7 Å². The molecule has 0 atom stereocenters. The number of methoxy groups -OCH3 is 2. The molecule has 8 heteroatoms. The molecule has 0 amide bonds. The molecule has 0 aliphatic heterocycles. The van der Waals surface area contributed by atoms with Crippen LogP contribution in [0.5, 0.6) is 17.4 Å². The SMILES string of the molecule is C=CCn1c(O)c(C(=O)/C=C/c2ccc(OC)c(OC)c2)c(=O)[nH]c1=O. The number of hydrogen-bond donors (Lipinski definition) is 2. The maximum Gasteiger partial charge on any atom is 0.331 e. The third-order valence-corrected chi connectivity index (χ3v) is 3.56. The quantitative estimate of drug-likeness (QED) is 0.439. The molecule has 26 heavy (non-hydrogen) atoms. The molecule has 1 heterocycles. The van der Waals surface area contributed by atoms with Crippen LogP contribution in [0.3, 0.4) is 0 Å². The predicted molar refractivity (Wildman–Crippen MR) is 96.1 cm³/mol. The molecule has 2 aromatic rings. The third kappa shape index (κ3) is 3.75. The number of nitrogens with zero attached hydrogens (tertiary/aromatic N) is 1. The van der Waals surface area contributed by atoms with E-state index in [4.69, 9.17) is 9.47 Å². The van der Waals surface area contributed by atoms with Gasteiger partial charge in [0.2, 0.25) is 5.88 Å². The summed E-state index contributed by atoms with van der Waals surface area (Å²) in [6, 6.07) is 5.00. The van der Waals surface area contributed by atoms with Gasteiger partial charge in [-0.05, 0) is 23.8 Å². The molecule has 0 fully saturated rings. The first-order valence-corrected chi connectivity index (χ1v) is 7.54. The molecule has 0 saturated carbocycles. The molecule has 136 valence electrons. The first-order chi connectivity index (χ1) is 12.4. The lowest BCUT2D eigenvalue weighted by Gasteiger charge is -2.08. The highest BCUT2D eigenvalue weighted by Crippen LogP contribution is 2.28. The lowest BCUT2D eigenvalue weighted by Crippen LogP contribution is -2.33. The van der Waals surface area contributed by atoms with Gasteiger partial charge in [0.25, 0.3) is 5.56 Å². The fraction of sp³-hybridized carbons (Fsp3) is 0.167. The molecule has 0 aliphatic carbocycles. The Kier molecular flexibility index (Phi) is 5.79. The zero-order valence-electron chi connectivity index (χ0n) is 14.3. The maximum atomic E-state index is 12.3. The minimum atomic E-state index is -0.963. The van der Waals surface area contributed by atoms with Crippen molar-refractivity contribution in [3.05, 3.63) is 68.9 Å². The fourth-order valence-electron chi connectivity index (χ4n) is 2.29. The van der Waals surface area contributed by atoms with E-state index < -0.39 is 28.5 Å². The van der Waals surface area contributed by atoms with Gasteiger partial charge < -0.3 is 14.6 Å². The molecule has 8 nitrogen and oxygen atoms in total. The zero-order valence-corrected chi connectivity index (χ0v) is 14.3. The smallest absolute Gasteiger partial charge is 0.331 e. The Morgan fingerprint density at radius 2 is 1.96 bits per heavy atom. The van der Waals surface area contributed by atoms with E-state index in [-0.39, 0.29) is 6.54 Å². The number of nitrogens with one attached hydrogen (secondary N) is 1. The van der Waals surface area contributed by atoms with Gasteiger partial charge >= 0.3 is 5.69 Å². The highest BCUT2D eigenvalue weighted by atomic mass is 16.5. The van der Waals surface area contributed by atoms with Gasteiger partial charge in [-0.2, -0.15) is 0 Å². The second-order valence-electron chi connectivity index (χ2n) is 5.17. The van der Waals surface area contributed by atoms with Gasteiger partial charge in [0.1, 0.15) is 5.56 Å². The Balaban J connectivity index is 2.40. The topological polar surface area (TPSA) is 111 Å². The highest BCUT2D eigenvalue weighted by Gasteiger charge is 2.18. The van der Waals surface area contributed by atoms with Crippen molar-refractivity contribution in [1.29, 1.82) is 0 Å². The van der Waals surface area contributed by atoms with Gasteiger partial charge in [-0.25, -0.2) is 4.79 Å². The molecule has 1 aromatic carbocycles. The van der Waals surface area contributed by atoms with Crippen LogP contribution in [0.4, 0.5) is 0 Å². The molecule has 0 radical (unpaired) electrons. The lowest BCUT2D eigenvalue weighted by atomic mass is 10.1. The Morgan fingerprint density at radius 1 is 1.27 bits per heavy atom. The molecule has 2 N–H and O–H groups in total. The van der Waals surface area contributed by atoms with E-state index in [9.17, 15) is 19.5 Å². The molecule has 2 rings (SSSR count). The van der Waals surface area contributed by atoms with Gasteiger partial charge in [0.15, 0.2) is 17.3 Å². The summed E-state index contributed by atoms with van der Waals surface area (Å²) in [5.74, 6) is -0.458. The van der Waals surface area contributed by atoms with Crippen molar-refractivity contribution in [3.63, 3.8) is 0 Å². The standard InChI is InChI=1S/C18H18N2O6/c1-4-9-20-17(23)15(16(22)19-18(20)24)12(21)7-5-11-6-8-13(25-2)14(10-11)26-3/h4-8,10,23H,1,9H2,2-3H3,(H,19,22,24)/b7-5+. The van der Waals surface area contributed by atoms with Crippen LogP contribution >= 0.6 is 0 Å². The number of aromatic hydroxyl groups is 1. The second kappa shape index (κ2) is 8.02. The van der Waals surface area contributed by atoms with Crippen LogP contribution in [0.2, 0.25) is 0 Å². The van der Waals surface area contributed by atoms with E-state index in [0.717, 1.165) is 10.6 Å². The molecule has 1 aromatic heterocycles. The summed E-state index contributed by atoms with van der Waals surface area (Å²) >= 11 is 0. The zero-order chi connectivity index (χ0) is 19.3. The molecule has 0 bridgehead atoms. The van der Waals surface area contributed by atoms with Crippen molar-refractivity contribution in [2.75, 3.05) is 14.2 Å². The van der Waals surface area contributed by atoms with Crippen LogP contribution in [-0.2, 0) is 6.54 Å². The first kappa shape index (κ1) is 18.8. The van der Waals surface area contributed by atoms with Crippen molar-refractivity contribution < 1.29 is 19.4 Å². The third-order valence-electron chi connectivity index (χ3n) is 3.56. The van der Waals surface area contributed by atoms with Crippen molar-refractivity contribution >= 4 is 11.9 Å². The number of ketones is 1. The summed E-state index contributed by atoms with van der Waals surface area (Å²) in [7, 11) is 2.99. The van der Waals surface area contributed by atoms with Crippen LogP contribution in [0.15, 0.2) is 46.5 Å². The number of H-pyrrole nitrogens is 1. The average Bonchev–Trinajstić information content (AvgIpc) is 2.62. The molecule has 0 saturated heterocycles. The number of carbonyl (C=O) groups excluding carboxylic acids is 1. The molecule has 0 aliphatic rings.